The van der Waals surface area contributed by atoms with Crippen LogP contribution in [0, 0.1) is 0 Å². The number of hydrogen-bond acceptors (Lipinski definition) is 3. The fourth-order valence-corrected chi connectivity index (χ4v) is 0.887. The van der Waals surface area contributed by atoms with Crippen LogP contribution in [0.15, 0.2) is 0 Å². The van der Waals surface area contributed by atoms with Crippen LogP contribution in [0.4, 0.5) is 0 Å². The molecule has 0 saturated carbocycles. The van der Waals surface area contributed by atoms with Crippen molar-refractivity contribution in [2.75, 3.05) is 20.2 Å². The summed E-state index contributed by atoms with van der Waals surface area (Å²) in [4.78, 5) is 23.5. The zero-order valence-electron chi connectivity index (χ0n) is 8.50. The van der Waals surface area contributed by atoms with Gasteiger partial charge in [0.05, 0.1) is 13.0 Å². The van der Waals surface area contributed by atoms with Gasteiger partial charge in [-0.3, -0.25) is 9.59 Å². The highest BCUT2D eigenvalue weighted by Crippen LogP contribution is 1.94. The van der Waals surface area contributed by atoms with Crippen LogP contribution < -0.4 is 0 Å². The van der Waals surface area contributed by atoms with Gasteiger partial charge in [-0.05, 0) is 6.92 Å². The monoisotopic (exact) mass is 187 g/mol. The number of ether oxygens (including phenoxy) is 1. The molecule has 0 aromatic carbocycles. The van der Waals surface area contributed by atoms with Gasteiger partial charge in [0, 0.05) is 20.0 Å². The van der Waals surface area contributed by atoms with Crippen molar-refractivity contribution in [3.63, 3.8) is 0 Å². The van der Waals surface area contributed by atoms with Crippen molar-refractivity contribution >= 4 is 11.9 Å². The summed E-state index contributed by atoms with van der Waals surface area (Å²) in [6, 6.07) is 0. The molecule has 1 amide bonds. The molecule has 0 heterocycles. The molecular weight excluding hydrogens is 170 g/mol. The maximum atomic E-state index is 11.1. The summed E-state index contributed by atoms with van der Waals surface area (Å²) in [6.45, 7) is 4.39. The topological polar surface area (TPSA) is 46.6 Å². The third-order valence-electron chi connectivity index (χ3n) is 1.68. The minimum absolute atomic E-state index is 0.0456. The van der Waals surface area contributed by atoms with E-state index in [1.807, 2.05) is 0 Å². The van der Waals surface area contributed by atoms with Crippen LogP contribution in [0.1, 0.15) is 26.7 Å². The van der Waals surface area contributed by atoms with E-state index in [9.17, 15) is 9.59 Å². The van der Waals surface area contributed by atoms with Gasteiger partial charge in [0.25, 0.3) is 0 Å². The molecule has 0 atom stereocenters. The molecule has 0 bridgehead atoms. The lowest BCUT2D eigenvalue weighted by Crippen LogP contribution is -2.28. The van der Waals surface area contributed by atoms with Gasteiger partial charge in [-0.25, -0.2) is 0 Å². The summed E-state index contributed by atoms with van der Waals surface area (Å²) in [5, 5.41) is 0. The SMILES string of the molecule is CCOC(=O)CCN(C)C(=O)CC. The molecule has 76 valence electrons. The van der Waals surface area contributed by atoms with Crippen molar-refractivity contribution in [2.45, 2.75) is 26.7 Å². The summed E-state index contributed by atoms with van der Waals surface area (Å²) < 4.78 is 4.73. The largest absolute Gasteiger partial charge is 0.466 e. The molecule has 0 aromatic rings. The van der Waals surface area contributed by atoms with Crippen molar-refractivity contribution in [1.29, 1.82) is 0 Å². The number of nitrogens with zero attached hydrogens (tertiary/aromatic N) is 1. The van der Waals surface area contributed by atoms with E-state index >= 15 is 0 Å². The zero-order chi connectivity index (χ0) is 10.3. The van der Waals surface area contributed by atoms with E-state index in [4.69, 9.17) is 4.74 Å². The fourth-order valence-electron chi connectivity index (χ4n) is 0.887. The highest BCUT2D eigenvalue weighted by Gasteiger charge is 2.08. The molecule has 0 aliphatic rings. The third kappa shape index (κ3) is 5.22. The first-order valence-corrected chi connectivity index (χ1v) is 4.51. The van der Waals surface area contributed by atoms with E-state index in [2.05, 4.69) is 0 Å². The van der Waals surface area contributed by atoms with E-state index in [0.29, 0.717) is 19.6 Å². The lowest BCUT2D eigenvalue weighted by atomic mass is 10.3. The van der Waals surface area contributed by atoms with E-state index in [0.717, 1.165) is 0 Å². The maximum absolute atomic E-state index is 11.1. The number of rotatable bonds is 5. The summed E-state index contributed by atoms with van der Waals surface area (Å²) >= 11 is 0. The molecule has 0 rings (SSSR count). The second kappa shape index (κ2) is 6.46. The fraction of sp³-hybridized carbons (Fsp3) is 0.778. The van der Waals surface area contributed by atoms with Gasteiger partial charge < -0.3 is 9.64 Å². The smallest absolute Gasteiger partial charge is 0.307 e. The molecule has 4 heteroatoms. The van der Waals surface area contributed by atoms with Gasteiger partial charge in [-0.2, -0.15) is 0 Å². The average molecular weight is 187 g/mol. The van der Waals surface area contributed by atoms with Crippen LogP contribution in [0.2, 0.25) is 0 Å². The van der Waals surface area contributed by atoms with Gasteiger partial charge in [0.2, 0.25) is 5.91 Å². The van der Waals surface area contributed by atoms with E-state index < -0.39 is 0 Å². The van der Waals surface area contributed by atoms with Crippen molar-refractivity contribution < 1.29 is 14.3 Å². The molecule has 0 aliphatic carbocycles. The quantitative estimate of drug-likeness (QED) is 0.598. The normalized spacial score (nSPS) is 9.46. The van der Waals surface area contributed by atoms with Gasteiger partial charge in [-0.15, -0.1) is 0 Å². The molecule has 0 aliphatic heterocycles. The molecule has 0 fully saturated rings. The van der Waals surface area contributed by atoms with E-state index in [-0.39, 0.29) is 18.3 Å². The summed E-state index contributed by atoms with van der Waals surface area (Å²) in [5.74, 6) is -0.206. The molecule has 4 nitrogen and oxygen atoms in total. The summed E-state index contributed by atoms with van der Waals surface area (Å²) in [6.07, 6.45) is 0.745. The number of amides is 1. The van der Waals surface area contributed by atoms with Crippen LogP contribution in [0.25, 0.3) is 0 Å². The Hall–Kier alpha value is -1.06. The Morgan fingerprint density at radius 1 is 1.31 bits per heavy atom. The van der Waals surface area contributed by atoms with Crippen LogP contribution in [-0.4, -0.2) is 37.0 Å². The Balaban J connectivity index is 3.63. The van der Waals surface area contributed by atoms with Gasteiger partial charge >= 0.3 is 5.97 Å². The predicted octanol–water partition coefficient (Wildman–Crippen LogP) is 0.808. The van der Waals surface area contributed by atoms with E-state index in [1.54, 1.807) is 20.9 Å². The van der Waals surface area contributed by atoms with Crippen molar-refractivity contribution in [1.82, 2.24) is 4.90 Å². The lowest BCUT2D eigenvalue weighted by molar-refractivity contribution is -0.143. The van der Waals surface area contributed by atoms with Crippen LogP contribution in [0.3, 0.4) is 0 Å². The summed E-state index contributed by atoms with van der Waals surface area (Å²) in [5.41, 5.74) is 0. The van der Waals surface area contributed by atoms with Crippen LogP contribution in [0.5, 0.6) is 0 Å². The highest BCUT2D eigenvalue weighted by atomic mass is 16.5. The first-order chi connectivity index (χ1) is 6.11. The average Bonchev–Trinajstić information content (AvgIpc) is 2.13. The third-order valence-corrected chi connectivity index (χ3v) is 1.68. The minimum Gasteiger partial charge on any atom is -0.466 e. The molecule has 0 saturated heterocycles. The second-order valence-corrected chi connectivity index (χ2v) is 2.72. The van der Waals surface area contributed by atoms with Gasteiger partial charge in [0.1, 0.15) is 0 Å². The standard InChI is InChI=1S/C9H17NO3/c1-4-8(11)10(3)7-6-9(12)13-5-2/h4-7H2,1-3H3. The molecule has 0 radical (unpaired) electrons. The molecule has 0 N–H and O–H groups in total. The predicted molar refractivity (Wildman–Crippen MR) is 49.2 cm³/mol. The molecule has 13 heavy (non-hydrogen) atoms. The Morgan fingerprint density at radius 3 is 2.38 bits per heavy atom. The van der Waals surface area contributed by atoms with Crippen molar-refractivity contribution in [2.24, 2.45) is 0 Å². The maximum Gasteiger partial charge on any atom is 0.307 e. The molecule has 0 spiro atoms. The van der Waals surface area contributed by atoms with Crippen LogP contribution >= 0.6 is 0 Å². The first kappa shape index (κ1) is 11.9. The number of hydrogen-bond donors (Lipinski definition) is 0. The summed E-state index contributed by atoms with van der Waals surface area (Å²) in [7, 11) is 1.69. The van der Waals surface area contributed by atoms with Gasteiger partial charge in [0.15, 0.2) is 0 Å². The Morgan fingerprint density at radius 2 is 1.92 bits per heavy atom. The Kier molecular flexibility index (Phi) is 5.93. The van der Waals surface area contributed by atoms with Crippen molar-refractivity contribution in [3.05, 3.63) is 0 Å². The zero-order valence-corrected chi connectivity index (χ0v) is 8.50. The first-order valence-electron chi connectivity index (χ1n) is 4.51. The highest BCUT2D eigenvalue weighted by molar-refractivity contribution is 5.76. The number of esters is 1. The van der Waals surface area contributed by atoms with Crippen molar-refractivity contribution in [3.8, 4) is 0 Å². The Bertz CT molecular complexity index is 180. The molecule has 0 aromatic heterocycles. The number of carbonyl (C=O) groups is 2. The van der Waals surface area contributed by atoms with Crippen LogP contribution in [-0.2, 0) is 14.3 Å². The van der Waals surface area contributed by atoms with E-state index in [1.165, 1.54) is 4.90 Å². The molecule has 0 unspecified atom stereocenters. The molecular formula is C9H17NO3. The number of carbonyl (C=O) groups excluding carboxylic acids is 2. The minimum atomic E-state index is -0.252. The Labute approximate surface area is 78.9 Å². The second-order valence-electron chi connectivity index (χ2n) is 2.72. The van der Waals surface area contributed by atoms with Gasteiger partial charge in [-0.1, -0.05) is 6.92 Å². The lowest BCUT2D eigenvalue weighted by Gasteiger charge is -2.15.